The van der Waals surface area contributed by atoms with Crippen molar-refractivity contribution in [2.75, 3.05) is 10.6 Å². The molecule has 1 aromatic rings. The highest BCUT2D eigenvalue weighted by Crippen LogP contribution is 2.23. The van der Waals surface area contributed by atoms with Gasteiger partial charge in [0.15, 0.2) is 0 Å². The summed E-state index contributed by atoms with van der Waals surface area (Å²) in [7, 11) is 0. The summed E-state index contributed by atoms with van der Waals surface area (Å²) in [6.07, 6.45) is 0. The van der Waals surface area contributed by atoms with E-state index in [-0.39, 0.29) is 11.3 Å². The van der Waals surface area contributed by atoms with Crippen LogP contribution in [0.25, 0.3) is 0 Å². The SMILES string of the molecule is O=C1Nc2ccc(C(=O)O)c(c2)NC1=O. The molecule has 1 heterocycles. The molecule has 1 aliphatic rings. The zero-order valence-electron chi connectivity index (χ0n) is 7.40. The van der Waals surface area contributed by atoms with E-state index in [0.717, 1.165) is 0 Å². The molecule has 0 spiro atoms. The van der Waals surface area contributed by atoms with Crippen LogP contribution in [0.3, 0.4) is 0 Å². The molecule has 0 aliphatic carbocycles. The van der Waals surface area contributed by atoms with Gasteiger partial charge in [0.2, 0.25) is 0 Å². The van der Waals surface area contributed by atoms with Crippen molar-refractivity contribution in [3.63, 3.8) is 0 Å². The number of aromatic carboxylic acids is 1. The fourth-order valence-corrected chi connectivity index (χ4v) is 1.28. The van der Waals surface area contributed by atoms with Gasteiger partial charge in [-0.2, -0.15) is 0 Å². The van der Waals surface area contributed by atoms with Gasteiger partial charge in [-0.25, -0.2) is 4.79 Å². The Kier molecular flexibility index (Phi) is 1.89. The molecule has 76 valence electrons. The van der Waals surface area contributed by atoms with E-state index in [9.17, 15) is 14.4 Å². The van der Waals surface area contributed by atoms with Crippen LogP contribution >= 0.6 is 0 Å². The molecule has 2 rings (SSSR count). The lowest BCUT2D eigenvalue weighted by Gasteiger charge is -2.03. The number of hydrogen-bond donors (Lipinski definition) is 3. The highest BCUT2D eigenvalue weighted by Gasteiger charge is 2.22. The van der Waals surface area contributed by atoms with Crippen LogP contribution in [-0.2, 0) is 9.59 Å². The third-order valence-corrected chi connectivity index (χ3v) is 1.96. The summed E-state index contributed by atoms with van der Waals surface area (Å²) >= 11 is 0. The van der Waals surface area contributed by atoms with Gasteiger partial charge >= 0.3 is 17.8 Å². The summed E-state index contributed by atoms with van der Waals surface area (Å²) < 4.78 is 0. The number of amides is 2. The van der Waals surface area contributed by atoms with Gasteiger partial charge in [0, 0.05) is 5.69 Å². The first-order valence-corrected chi connectivity index (χ1v) is 4.07. The first-order valence-electron chi connectivity index (χ1n) is 4.07. The maximum Gasteiger partial charge on any atom is 0.337 e. The summed E-state index contributed by atoms with van der Waals surface area (Å²) in [5, 5.41) is 13.3. The Labute approximate surface area is 83.9 Å². The average Bonchev–Trinajstić information content (AvgIpc) is 2.25. The minimum Gasteiger partial charge on any atom is -0.478 e. The minimum atomic E-state index is -1.16. The van der Waals surface area contributed by atoms with Gasteiger partial charge in [0.05, 0.1) is 11.3 Å². The second kappa shape index (κ2) is 3.09. The number of benzene rings is 1. The predicted octanol–water partition coefficient (Wildman–Crippen LogP) is 0.275. The highest BCUT2D eigenvalue weighted by molar-refractivity contribution is 6.44. The first-order chi connectivity index (χ1) is 7.08. The van der Waals surface area contributed by atoms with Crippen LogP contribution < -0.4 is 10.6 Å². The summed E-state index contributed by atoms with van der Waals surface area (Å²) in [5.41, 5.74) is 0.449. The number of nitrogens with one attached hydrogen (secondary N) is 2. The van der Waals surface area contributed by atoms with Gasteiger partial charge in [-0.3, -0.25) is 9.59 Å². The summed E-state index contributed by atoms with van der Waals surface area (Å²) in [5.74, 6) is -2.85. The van der Waals surface area contributed by atoms with E-state index in [1.54, 1.807) is 0 Å². The average molecular weight is 206 g/mol. The molecule has 0 radical (unpaired) electrons. The molecule has 0 aromatic heterocycles. The fourth-order valence-electron chi connectivity index (χ4n) is 1.28. The van der Waals surface area contributed by atoms with Crippen LogP contribution in [0.15, 0.2) is 18.2 Å². The largest absolute Gasteiger partial charge is 0.478 e. The van der Waals surface area contributed by atoms with Crippen LogP contribution in [0.5, 0.6) is 0 Å². The van der Waals surface area contributed by atoms with Crippen molar-refractivity contribution in [3.05, 3.63) is 23.8 Å². The zero-order chi connectivity index (χ0) is 11.0. The lowest BCUT2D eigenvalue weighted by molar-refractivity contribution is -0.132. The van der Waals surface area contributed by atoms with Crippen LogP contribution in [0.1, 0.15) is 10.4 Å². The van der Waals surface area contributed by atoms with E-state index in [2.05, 4.69) is 10.6 Å². The lowest BCUT2D eigenvalue weighted by atomic mass is 10.1. The van der Waals surface area contributed by atoms with Crippen molar-refractivity contribution >= 4 is 29.2 Å². The first kappa shape index (κ1) is 9.20. The Morgan fingerprint density at radius 3 is 2.47 bits per heavy atom. The number of rotatable bonds is 1. The number of fused-ring (bicyclic) bond motifs is 2. The highest BCUT2D eigenvalue weighted by atomic mass is 16.4. The normalized spacial score (nSPS) is 13.9. The number of carbonyl (C=O) groups excluding carboxylic acids is 2. The quantitative estimate of drug-likeness (QED) is 0.575. The number of hydrogen-bond acceptors (Lipinski definition) is 3. The summed E-state index contributed by atoms with van der Waals surface area (Å²) in [4.78, 5) is 32.9. The number of carbonyl (C=O) groups is 3. The Morgan fingerprint density at radius 1 is 1.13 bits per heavy atom. The van der Waals surface area contributed by atoms with Crippen LogP contribution in [0, 0.1) is 0 Å². The molecule has 2 amide bonds. The van der Waals surface area contributed by atoms with Crippen LogP contribution in [0.4, 0.5) is 11.4 Å². The van der Waals surface area contributed by atoms with E-state index in [0.29, 0.717) is 5.69 Å². The van der Waals surface area contributed by atoms with Gasteiger partial charge in [0.1, 0.15) is 0 Å². The second-order valence-electron chi connectivity index (χ2n) is 2.97. The van der Waals surface area contributed by atoms with Crippen LogP contribution in [-0.4, -0.2) is 22.9 Å². The van der Waals surface area contributed by atoms with E-state index >= 15 is 0 Å². The Bertz CT molecular complexity index is 481. The van der Waals surface area contributed by atoms with E-state index in [1.165, 1.54) is 18.2 Å². The fraction of sp³-hybridized carbons (Fsp3) is 0. The maximum absolute atomic E-state index is 11.1. The standard InChI is InChI=1S/C9H6N2O4/c12-7-8(13)11-6-3-4(10-7)1-2-5(6)9(14)15/h1-3H,(H,10,12)(H,11,13)(H,14,15). The third-order valence-electron chi connectivity index (χ3n) is 1.96. The molecule has 0 unspecified atom stereocenters. The second-order valence-corrected chi connectivity index (χ2v) is 2.97. The zero-order valence-corrected chi connectivity index (χ0v) is 7.40. The third kappa shape index (κ3) is 1.52. The Hall–Kier alpha value is -2.37. The summed E-state index contributed by atoms with van der Waals surface area (Å²) in [6.45, 7) is 0. The lowest BCUT2D eigenvalue weighted by Crippen LogP contribution is -2.27. The van der Waals surface area contributed by atoms with Gasteiger partial charge in [-0.05, 0) is 18.2 Å². The van der Waals surface area contributed by atoms with Crippen molar-refractivity contribution in [2.24, 2.45) is 0 Å². The molecule has 0 fully saturated rings. The Morgan fingerprint density at radius 2 is 1.80 bits per heavy atom. The molecular weight excluding hydrogens is 200 g/mol. The molecule has 2 bridgehead atoms. The predicted molar refractivity (Wildman–Crippen MR) is 50.7 cm³/mol. The summed E-state index contributed by atoms with van der Waals surface area (Å²) in [6, 6.07) is 4.14. The van der Waals surface area contributed by atoms with Gasteiger partial charge < -0.3 is 15.7 Å². The van der Waals surface area contributed by atoms with Crippen LogP contribution in [0.2, 0.25) is 0 Å². The molecule has 15 heavy (non-hydrogen) atoms. The molecule has 6 nitrogen and oxygen atoms in total. The minimum absolute atomic E-state index is 0.0522. The number of carboxylic acids is 1. The van der Waals surface area contributed by atoms with E-state index in [1.807, 2.05) is 0 Å². The topological polar surface area (TPSA) is 95.5 Å². The molecule has 0 saturated carbocycles. The number of anilines is 2. The van der Waals surface area contributed by atoms with Crippen molar-refractivity contribution in [1.29, 1.82) is 0 Å². The molecule has 0 atom stereocenters. The molecule has 3 N–H and O–H groups in total. The monoisotopic (exact) mass is 206 g/mol. The van der Waals surface area contributed by atoms with Gasteiger partial charge in [0.25, 0.3) is 0 Å². The molecule has 1 aliphatic heterocycles. The van der Waals surface area contributed by atoms with E-state index < -0.39 is 17.8 Å². The Balaban J connectivity index is 2.54. The van der Waals surface area contributed by atoms with E-state index in [4.69, 9.17) is 5.11 Å². The number of carboxylic acid groups (broad SMARTS) is 1. The molecule has 6 heteroatoms. The van der Waals surface area contributed by atoms with Crippen molar-refractivity contribution < 1.29 is 19.5 Å². The van der Waals surface area contributed by atoms with Crippen molar-refractivity contribution in [1.82, 2.24) is 0 Å². The van der Waals surface area contributed by atoms with Gasteiger partial charge in [-0.1, -0.05) is 0 Å². The maximum atomic E-state index is 11.1. The molecular formula is C9H6N2O4. The van der Waals surface area contributed by atoms with Gasteiger partial charge in [-0.15, -0.1) is 0 Å². The molecule has 0 saturated heterocycles. The van der Waals surface area contributed by atoms with Crippen molar-refractivity contribution in [3.8, 4) is 0 Å². The van der Waals surface area contributed by atoms with Crippen molar-refractivity contribution in [2.45, 2.75) is 0 Å². The molecule has 1 aromatic carbocycles. The smallest absolute Gasteiger partial charge is 0.337 e.